The van der Waals surface area contributed by atoms with E-state index in [0.29, 0.717) is 5.65 Å². The van der Waals surface area contributed by atoms with Crippen molar-refractivity contribution < 1.29 is 5.21 Å². The summed E-state index contributed by atoms with van der Waals surface area (Å²) in [6, 6.07) is 1.66. The average Bonchev–Trinajstić information content (AvgIpc) is 2.35. The van der Waals surface area contributed by atoms with Gasteiger partial charge in [0.25, 0.3) is 0 Å². The van der Waals surface area contributed by atoms with Crippen molar-refractivity contribution in [2.75, 3.05) is 0 Å². The monoisotopic (exact) mass is 124 g/mol. The maximum atomic E-state index is 8.90. The lowest BCUT2D eigenvalue weighted by atomic mass is 10.7. The third kappa shape index (κ3) is 0.426. The molecule has 5 nitrogen and oxygen atoms in total. The molecule has 5 heteroatoms. The van der Waals surface area contributed by atoms with Crippen LogP contribution >= 0.6 is 0 Å². The predicted molar refractivity (Wildman–Crippen MR) is 28.2 cm³/mol. The van der Waals surface area contributed by atoms with Crippen LogP contribution in [0.1, 0.15) is 0 Å². The van der Waals surface area contributed by atoms with Gasteiger partial charge >= 0.3 is 0 Å². The molecule has 2 heterocycles. The van der Waals surface area contributed by atoms with Gasteiger partial charge < -0.3 is 5.21 Å². The summed E-state index contributed by atoms with van der Waals surface area (Å²) < 4.78 is 1.42. The van der Waals surface area contributed by atoms with Gasteiger partial charge in [-0.05, 0) is 0 Å². The number of nitrogens with zero attached hydrogens (tertiary/aromatic N) is 4. The van der Waals surface area contributed by atoms with Gasteiger partial charge in [-0.2, -0.15) is 4.52 Å². The summed E-state index contributed by atoms with van der Waals surface area (Å²) in [5.74, 6) is 0. The second-order valence-corrected chi connectivity index (χ2v) is 1.67. The van der Waals surface area contributed by atoms with Crippen LogP contribution in [0.3, 0.4) is 0 Å². The van der Waals surface area contributed by atoms with Gasteiger partial charge in [0, 0.05) is 6.07 Å². The van der Waals surface area contributed by atoms with E-state index < -0.39 is 0 Å². The Balaban J connectivity index is 2.99. The van der Waals surface area contributed by atoms with Crippen molar-refractivity contribution in [1.29, 1.82) is 0 Å². The maximum absolute atomic E-state index is 8.90. The predicted octanol–water partition coefficient (Wildman–Crippen LogP) is -0.232. The van der Waals surface area contributed by atoms with Crippen molar-refractivity contribution >= 4 is 5.65 Å². The number of hydrogen-bond donors (Lipinski definition) is 1. The summed E-state index contributed by atoms with van der Waals surface area (Å²) in [5.41, 5.74) is 0.637. The first-order valence-electron chi connectivity index (χ1n) is 2.44. The molecule has 0 aromatic carbocycles. The highest BCUT2D eigenvalue weighted by Gasteiger charge is 1.96. The third-order valence-corrected chi connectivity index (χ3v) is 1.13. The van der Waals surface area contributed by atoms with E-state index in [2.05, 4.69) is 10.2 Å². The van der Waals surface area contributed by atoms with E-state index in [1.54, 1.807) is 6.07 Å². The van der Waals surface area contributed by atoms with Crippen LogP contribution in [0.5, 0.6) is 0 Å². The Morgan fingerprint density at radius 1 is 1.56 bits per heavy atom. The molecule has 9 heavy (non-hydrogen) atoms. The molecule has 0 spiro atoms. The highest BCUT2D eigenvalue weighted by molar-refractivity contribution is 5.33. The molecule has 0 fully saturated rings. The average molecular weight is 124 g/mol. The molecule has 0 saturated carbocycles. The van der Waals surface area contributed by atoms with Crippen LogP contribution in [0, 0.1) is 0 Å². The molecule has 0 aliphatic carbocycles. The van der Waals surface area contributed by atoms with Gasteiger partial charge in [0.1, 0.15) is 6.33 Å². The minimum atomic E-state index is 0.637. The lowest BCUT2D eigenvalue weighted by molar-refractivity contribution is 0.137. The van der Waals surface area contributed by atoms with Crippen molar-refractivity contribution in [1.82, 2.24) is 19.6 Å². The Kier molecular flexibility index (Phi) is 0.606. The van der Waals surface area contributed by atoms with Crippen LogP contribution in [0.25, 0.3) is 5.65 Å². The first-order chi connectivity index (χ1) is 4.38. The molecular weight excluding hydrogens is 120 g/mol. The minimum absolute atomic E-state index is 0.637. The van der Waals surface area contributed by atoms with Gasteiger partial charge in [0.2, 0.25) is 0 Å². The lowest BCUT2D eigenvalue weighted by Crippen LogP contribution is -1.95. The van der Waals surface area contributed by atoms with Crippen LogP contribution in [-0.4, -0.2) is 24.8 Å². The Morgan fingerprint density at radius 3 is 3.22 bits per heavy atom. The molecule has 0 atom stereocenters. The van der Waals surface area contributed by atoms with E-state index in [4.69, 9.17) is 5.21 Å². The second-order valence-electron chi connectivity index (χ2n) is 1.67. The maximum Gasteiger partial charge on any atom is 0.180 e. The zero-order valence-corrected chi connectivity index (χ0v) is 4.47. The Bertz CT molecular complexity index is 322. The van der Waals surface area contributed by atoms with Crippen LogP contribution < -0.4 is 0 Å². The topological polar surface area (TPSA) is 55.3 Å². The normalized spacial score (nSPS) is 10.7. The summed E-state index contributed by atoms with van der Waals surface area (Å²) >= 11 is 0. The molecule has 46 valence electrons. The van der Waals surface area contributed by atoms with Crippen molar-refractivity contribution in [3.8, 4) is 0 Å². The first kappa shape index (κ1) is 4.37. The molecule has 2 aromatic rings. The van der Waals surface area contributed by atoms with Crippen LogP contribution in [0.15, 0.2) is 18.6 Å². The van der Waals surface area contributed by atoms with E-state index in [9.17, 15) is 0 Å². The standard InChI is InChI=1S/C4H4N4O/c9-8-2-1-4-6-5-3-7(4)8/h1-3,9H. The lowest BCUT2D eigenvalue weighted by Gasteiger charge is -1.87. The summed E-state index contributed by atoms with van der Waals surface area (Å²) in [6.07, 6.45) is 2.92. The molecule has 2 aromatic heterocycles. The minimum Gasteiger partial charge on any atom is -0.413 e. The summed E-state index contributed by atoms with van der Waals surface area (Å²) in [7, 11) is 0. The molecule has 0 amide bonds. The summed E-state index contributed by atoms with van der Waals surface area (Å²) in [6.45, 7) is 0. The van der Waals surface area contributed by atoms with Crippen molar-refractivity contribution in [3.63, 3.8) is 0 Å². The molecule has 0 aliphatic rings. The molecule has 0 unspecified atom stereocenters. The quantitative estimate of drug-likeness (QED) is 0.493. The SMILES string of the molecule is On1ccc2nncn21. The fourth-order valence-electron chi connectivity index (χ4n) is 0.712. The number of rotatable bonds is 0. The van der Waals surface area contributed by atoms with Gasteiger partial charge in [0.05, 0.1) is 6.20 Å². The molecule has 1 N–H and O–H groups in total. The number of aromatic nitrogens is 4. The van der Waals surface area contributed by atoms with Crippen LogP contribution in [0.2, 0.25) is 0 Å². The molecule has 2 rings (SSSR count). The van der Waals surface area contributed by atoms with Crippen molar-refractivity contribution in [2.24, 2.45) is 0 Å². The summed E-state index contributed by atoms with van der Waals surface area (Å²) in [4.78, 5) is 0.912. The molecular formula is C4H4N4O. The van der Waals surface area contributed by atoms with E-state index in [-0.39, 0.29) is 0 Å². The largest absolute Gasteiger partial charge is 0.413 e. The molecule has 0 bridgehead atoms. The molecule has 0 saturated heterocycles. The van der Waals surface area contributed by atoms with Gasteiger partial charge in [-0.15, -0.1) is 15.0 Å². The van der Waals surface area contributed by atoms with Crippen molar-refractivity contribution in [2.45, 2.75) is 0 Å². The highest BCUT2D eigenvalue weighted by atomic mass is 16.5. The number of fused-ring (bicyclic) bond motifs is 1. The summed E-state index contributed by atoms with van der Waals surface area (Å²) in [5, 5.41) is 16.1. The van der Waals surface area contributed by atoms with Crippen LogP contribution in [-0.2, 0) is 0 Å². The van der Waals surface area contributed by atoms with Crippen LogP contribution in [0.4, 0.5) is 0 Å². The Labute approximate surface area is 50.1 Å². The van der Waals surface area contributed by atoms with E-state index >= 15 is 0 Å². The Hall–Kier alpha value is -1.52. The Morgan fingerprint density at radius 2 is 2.44 bits per heavy atom. The number of hydrogen-bond acceptors (Lipinski definition) is 3. The zero-order valence-electron chi connectivity index (χ0n) is 4.47. The smallest absolute Gasteiger partial charge is 0.180 e. The first-order valence-corrected chi connectivity index (χ1v) is 2.44. The van der Waals surface area contributed by atoms with Gasteiger partial charge in [-0.3, -0.25) is 0 Å². The zero-order chi connectivity index (χ0) is 6.27. The van der Waals surface area contributed by atoms with Crippen molar-refractivity contribution in [3.05, 3.63) is 18.6 Å². The molecule has 0 aliphatic heterocycles. The fourth-order valence-corrected chi connectivity index (χ4v) is 0.712. The van der Waals surface area contributed by atoms with Gasteiger partial charge in [-0.1, -0.05) is 0 Å². The third-order valence-electron chi connectivity index (χ3n) is 1.13. The van der Waals surface area contributed by atoms with E-state index in [0.717, 1.165) is 4.85 Å². The second kappa shape index (κ2) is 1.25. The van der Waals surface area contributed by atoms with Gasteiger partial charge in [0.15, 0.2) is 5.65 Å². The highest BCUT2D eigenvalue weighted by Crippen LogP contribution is 1.95. The van der Waals surface area contributed by atoms with Gasteiger partial charge in [-0.25, -0.2) is 0 Å². The fraction of sp³-hybridized carbons (Fsp3) is 0. The molecule has 0 radical (unpaired) electrons. The van der Waals surface area contributed by atoms with E-state index in [1.165, 1.54) is 17.0 Å². The van der Waals surface area contributed by atoms with E-state index in [1.807, 2.05) is 0 Å².